The Morgan fingerprint density at radius 3 is 2.47 bits per heavy atom. The Kier molecular flexibility index (Phi) is 10.1. The topological polar surface area (TPSA) is 33.6 Å². The SMILES string of the molecule is C=C(C=N/C=C\C)Oc1ccc(CNC)cc1.CC. The molecular weight excluding hydrogens is 236 g/mol. The molecule has 0 saturated carbocycles. The van der Waals surface area contributed by atoms with E-state index in [1.807, 2.05) is 58.2 Å². The molecule has 0 amide bonds. The third kappa shape index (κ3) is 7.95. The second kappa shape index (κ2) is 11.2. The lowest BCUT2D eigenvalue weighted by Gasteiger charge is -2.05. The van der Waals surface area contributed by atoms with Crippen LogP contribution in [0.2, 0.25) is 0 Å². The average molecular weight is 260 g/mol. The van der Waals surface area contributed by atoms with Gasteiger partial charge >= 0.3 is 0 Å². The molecule has 0 aliphatic rings. The van der Waals surface area contributed by atoms with Gasteiger partial charge < -0.3 is 10.1 Å². The van der Waals surface area contributed by atoms with Crippen LogP contribution in [0.5, 0.6) is 5.75 Å². The van der Waals surface area contributed by atoms with E-state index in [1.165, 1.54) is 5.56 Å². The zero-order chi connectivity index (χ0) is 14.5. The quantitative estimate of drug-likeness (QED) is 0.621. The first kappa shape index (κ1) is 17.1. The largest absolute Gasteiger partial charge is 0.456 e. The van der Waals surface area contributed by atoms with Gasteiger partial charge in [-0.05, 0) is 31.7 Å². The molecule has 0 radical (unpaired) electrons. The van der Waals surface area contributed by atoms with Crippen LogP contribution in [-0.4, -0.2) is 13.3 Å². The van der Waals surface area contributed by atoms with Crippen LogP contribution in [-0.2, 0) is 6.54 Å². The fourth-order valence-corrected chi connectivity index (χ4v) is 1.27. The highest BCUT2D eigenvalue weighted by Gasteiger charge is 1.96. The third-order valence-corrected chi connectivity index (χ3v) is 2.01. The van der Waals surface area contributed by atoms with Gasteiger partial charge in [0.1, 0.15) is 11.5 Å². The van der Waals surface area contributed by atoms with Gasteiger partial charge in [-0.15, -0.1) is 0 Å². The van der Waals surface area contributed by atoms with Crippen molar-refractivity contribution in [2.24, 2.45) is 4.99 Å². The van der Waals surface area contributed by atoms with Gasteiger partial charge in [0.05, 0.1) is 6.21 Å². The summed E-state index contributed by atoms with van der Waals surface area (Å²) < 4.78 is 5.50. The molecule has 0 saturated heterocycles. The van der Waals surface area contributed by atoms with Gasteiger partial charge in [0.2, 0.25) is 0 Å². The summed E-state index contributed by atoms with van der Waals surface area (Å²) in [6.45, 7) is 10.5. The van der Waals surface area contributed by atoms with Crippen molar-refractivity contribution in [3.8, 4) is 5.75 Å². The number of aliphatic imine (C=N–C) groups is 1. The molecule has 0 fully saturated rings. The molecule has 0 aliphatic carbocycles. The van der Waals surface area contributed by atoms with E-state index in [2.05, 4.69) is 16.9 Å². The smallest absolute Gasteiger partial charge is 0.138 e. The first-order chi connectivity index (χ1) is 9.26. The molecule has 1 aromatic carbocycles. The zero-order valence-electron chi connectivity index (χ0n) is 12.3. The van der Waals surface area contributed by atoms with Crippen LogP contribution in [0.25, 0.3) is 0 Å². The lowest BCUT2D eigenvalue weighted by molar-refractivity contribution is 0.459. The van der Waals surface area contributed by atoms with Crippen LogP contribution in [0.3, 0.4) is 0 Å². The maximum atomic E-state index is 5.50. The van der Waals surface area contributed by atoms with Crippen LogP contribution < -0.4 is 10.1 Å². The van der Waals surface area contributed by atoms with Gasteiger partial charge in [-0.25, -0.2) is 0 Å². The predicted molar refractivity (Wildman–Crippen MR) is 83.6 cm³/mol. The van der Waals surface area contributed by atoms with Gasteiger partial charge in [-0.3, -0.25) is 4.99 Å². The Bertz CT molecular complexity index is 405. The molecule has 3 nitrogen and oxygen atoms in total. The predicted octanol–water partition coefficient (Wildman–Crippen LogP) is 3.93. The van der Waals surface area contributed by atoms with E-state index >= 15 is 0 Å². The van der Waals surface area contributed by atoms with E-state index in [4.69, 9.17) is 4.74 Å². The molecule has 0 spiro atoms. The van der Waals surface area contributed by atoms with E-state index in [0.717, 1.165) is 12.3 Å². The Morgan fingerprint density at radius 2 is 1.95 bits per heavy atom. The Morgan fingerprint density at radius 1 is 1.32 bits per heavy atom. The van der Waals surface area contributed by atoms with Crippen LogP contribution in [0.15, 0.2) is 53.9 Å². The number of hydrogen-bond acceptors (Lipinski definition) is 3. The maximum Gasteiger partial charge on any atom is 0.138 e. The van der Waals surface area contributed by atoms with Crippen LogP contribution in [0, 0.1) is 0 Å². The molecule has 19 heavy (non-hydrogen) atoms. The van der Waals surface area contributed by atoms with E-state index in [0.29, 0.717) is 5.76 Å². The van der Waals surface area contributed by atoms with Crippen molar-refractivity contribution in [1.29, 1.82) is 0 Å². The minimum Gasteiger partial charge on any atom is -0.456 e. The van der Waals surface area contributed by atoms with Crippen molar-refractivity contribution in [2.45, 2.75) is 27.3 Å². The summed E-state index contributed by atoms with van der Waals surface area (Å²) in [5.41, 5.74) is 1.22. The van der Waals surface area contributed by atoms with Crippen molar-refractivity contribution in [3.63, 3.8) is 0 Å². The fourth-order valence-electron chi connectivity index (χ4n) is 1.27. The molecule has 0 heterocycles. The summed E-state index contributed by atoms with van der Waals surface area (Å²) in [7, 11) is 1.92. The van der Waals surface area contributed by atoms with Crippen LogP contribution in [0.4, 0.5) is 0 Å². The molecule has 1 rings (SSSR count). The first-order valence-corrected chi connectivity index (χ1v) is 6.51. The Balaban J connectivity index is 0.00000154. The highest BCUT2D eigenvalue weighted by Crippen LogP contribution is 2.14. The van der Waals surface area contributed by atoms with Gasteiger partial charge in [0.15, 0.2) is 0 Å². The summed E-state index contributed by atoms with van der Waals surface area (Å²) in [5.74, 6) is 1.28. The van der Waals surface area contributed by atoms with E-state index in [-0.39, 0.29) is 0 Å². The van der Waals surface area contributed by atoms with E-state index in [1.54, 1.807) is 12.4 Å². The van der Waals surface area contributed by atoms with E-state index < -0.39 is 0 Å². The number of hydrogen-bond donors (Lipinski definition) is 1. The van der Waals surface area contributed by atoms with Gasteiger partial charge in [0, 0.05) is 12.7 Å². The highest BCUT2D eigenvalue weighted by molar-refractivity contribution is 5.76. The molecule has 0 bridgehead atoms. The summed E-state index contributed by atoms with van der Waals surface area (Å²) in [6, 6.07) is 7.87. The molecule has 1 aromatic rings. The van der Waals surface area contributed by atoms with Crippen molar-refractivity contribution in [3.05, 3.63) is 54.4 Å². The van der Waals surface area contributed by atoms with Gasteiger partial charge in [-0.1, -0.05) is 38.6 Å². The molecule has 104 valence electrons. The number of allylic oxidation sites excluding steroid dienone is 2. The molecule has 0 atom stereocenters. The number of nitrogens with zero attached hydrogens (tertiary/aromatic N) is 1. The fraction of sp³-hybridized carbons (Fsp3) is 0.312. The lowest BCUT2D eigenvalue weighted by atomic mass is 10.2. The number of ether oxygens (including phenoxy) is 1. The molecule has 1 N–H and O–H groups in total. The Labute approximate surface area is 116 Å². The van der Waals surface area contributed by atoms with E-state index in [9.17, 15) is 0 Å². The lowest BCUT2D eigenvalue weighted by Crippen LogP contribution is -2.04. The molecule has 3 heteroatoms. The van der Waals surface area contributed by atoms with Crippen molar-refractivity contribution >= 4 is 6.21 Å². The second-order valence-electron chi connectivity index (χ2n) is 3.50. The summed E-state index contributed by atoms with van der Waals surface area (Å²) in [4.78, 5) is 3.99. The summed E-state index contributed by atoms with van der Waals surface area (Å²) in [6.07, 6.45) is 5.11. The zero-order valence-corrected chi connectivity index (χ0v) is 12.3. The second-order valence-corrected chi connectivity index (χ2v) is 3.50. The Hall–Kier alpha value is -1.87. The maximum absolute atomic E-state index is 5.50. The van der Waals surface area contributed by atoms with Crippen LogP contribution >= 0.6 is 0 Å². The minimum atomic E-state index is 0.518. The standard InChI is InChI=1S/C14H18N2O.C2H6/c1-4-9-16-10-12(2)17-14-7-5-13(6-8-14)11-15-3;1-2/h4-10,15H,2,11H2,1,3H3;1-2H3/b9-4-,16-10?;. The van der Waals surface area contributed by atoms with Crippen molar-refractivity contribution < 1.29 is 4.74 Å². The summed E-state index contributed by atoms with van der Waals surface area (Å²) >= 11 is 0. The number of nitrogens with one attached hydrogen (secondary N) is 1. The highest BCUT2D eigenvalue weighted by atomic mass is 16.5. The normalized spacial score (nSPS) is 10.3. The minimum absolute atomic E-state index is 0.518. The number of rotatable bonds is 6. The van der Waals surface area contributed by atoms with Gasteiger partial charge in [-0.2, -0.15) is 0 Å². The molecule has 0 aromatic heterocycles. The van der Waals surface area contributed by atoms with Crippen molar-refractivity contribution in [2.75, 3.05) is 7.05 Å². The molecule has 0 unspecified atom stereocenters. The average Bonchev–Trinajstić information content (AvgIpc) is 2.44. The number of benzene rings is 1. The summed E-state index contributed by atoms with van der Waals surface area (Å²) in [5, 5.41) is 3.09. The van der Waals surface area contributed by atoms with Crippen LogP contribution in [0.1, 0.15) is 26.3 Å². The van der Waals surface area contributed by atoms with Crippen molar-refractivity contribution in [1.82, 2.24) is 5.32 Å². The third-order valence-electron chi connectivity index (χ3n) is 2.01. The monoisotopic (exact) mass is 260 g/mol. The molecule has 0 aliphatic heterocycles. The molecular formula is C16H24N2O. The first-order valence-electron chi connectivity index (χ1n) is 6.51. The van der Waals surface area contributed by atoms with Gasteiger partial charge in [0.25, 0.3) is 0 Å².